The average Bonchev–Trinajstić information content (AvgIpc) is 2.21. The van der Waals surface area contributed by atoms with Crippen molar-refractivity contribution in [3.05, 3.63) is 10.4 Å². The van der Waals surface area contributed by atoms with E-state index in [4.69, 9.17) is 10.3 Å². The monoisotopic (exact) mass is 207 g/mol. The third-order valence-corrected chi connectivity index (χ3v) is 2.86. The van der Waals surface area contributed by atoms with Crippen LogP contribution in [-0.2, 0) is 4.74 Å². The molecule has 1 saturated heterocycles. The summed E-state index contributed by atoms with van der Waals surface area (Å²) in [4.78, 5) is 2.85. The van der Waals surface area contributed by atoms with Crippen molar-refractivity contribution < 1.29 is 4.74 Å². The van der Waals surface area contributed by atoms with Crippen molar-refractivity contribution in [1.29, 1.82) is 0 Å². The lowest BCUT2D eigenvalue weighted by Gasteiger charge is -2.36. The van der Waals surface area contributed by atoms with Gasteiger partial charge in [-0.25, -0.2) is 0 Å². The number of hydrogen-bond donors (Lipinski definition) is 0. The number of rotatable bonds is 2. The molecule has 1 fully saturated rings. The zero-order chi connectivity index (χ0) is 11.3. The summed E-state index contributed by atoms with van der Waals surface area (Å²) in [6.07, 6.45) is 1.84. The topological polar surface area (TPSA) is 58.0 Å². The molecule has 1 rings (SSSR count). The van der Waals surface area contributed by atoms with Gasteiger partial charge in [0.25, 0.3) is 0 Å². The maximum atomic E-state index is 8.41. The summed E-state index contributed by atoms with van der Waals surface area (Å²) in [7, 11) is 0. The molecule has 4 atom stereocenters. The number of azide groups is 1. The quantitative estimate of drug-likeness (QED) is 0.297. The number of nitrogens with zero attached hydrogens (tertiary/aromatic N) is 3. The molecular weight excluding hydrogens is 190 g/mol. The lowest BCUT2D eigenvalue weighted by Crippen LogP contribution is -2.40. The van der Waals surface area contributed by atoms with Crippen LogP contribution in [-0.4, -0.2) is 18.2 Å². The first kappa shape index (κ1) is 11.9. The largest absolute Gasteiger partial charge is 0.374 e. The standard InChI is InChI=1S/C11H17N3O/c1-4-5-6-11-8(2)7-10(13-14-12)9(3)15-11/h8-11H,6-7H2,1-3H3/t8-,9+,10+,11-/m0/s1. The van der Waals surface area contributed by atoms with Gasteiger partial charge in [0.1, 0.15) is 0 Å². The molecule has 0 saturated carbocycles. The number of hydrogen-bond acceptors (Lipinski definition) is 2. The molecule has 1 aliphatic rings. The van der Waals surface area contributed by atoms with Crippen molar-refractivity contribution in [2.45, 2.75) is 51.9 Å². The van der Waals surface area contributed by atoms with Gasteiger partial charge >= 0.3 is 0 Å². The molecule has 1 aliphatic heterocycles. The highest BCUT2D eigenvalue weighted by atomic mass is 16.5. The van der Waals surface area contributed by atoms with E-state index in [1.54, 1.807) is 0 Å². The molecule has 82 valence electrons. The third kappa shape index (κ3) is 3.16. The van der Waals surface area contributed by atoms with E-state index in [1.165, 1.54) is 0 Å². The van der Waals surface area contributed by atoms with Gasteiger partial charge in [-0.05, 0) is 31.7 Å². The first-order chi connectivity index (χ1) is 7.19. The van der Waals surface area contributed by atoms with Crippen LogP contribution in [0.4, 0.5) is 0 Å². The Bertz CT molecular complexity index is 312. The van der Waals surface area contributed by atoms with Crippen molar-refractivity contribution in [1.82, 2.24) is 0 Å². The van der Waals surface area contributed by atoms with Crippen LogP contribution in [0.3, 0.4) is 0 Å². The van der Waals surface area contributed by atoms with Crippen LogP contribution in [0.2, 0.25) is 0 Å². The summed E-state index contributed by atoms with van der Waals surface area (Å²) in [5, 5.41) is 3.75. The van der Waals surface area contributed by atoms with E-state index in [-0.39, 0.29) is 18.2 Å². The molecular formula is C11H17N3O. The van der Waals surface area contributed by atoms with Crippen LogP contribution in [0.25, 0.3) is 10.4 Å². The molecule has 0 unspecified atom stereocenters. The Labute approximate surface area is 90.6 Å². The molecule has 0 aromatic heterocycles. The molecule has 15 heavy (non-hydrogen) atoms. The Morgan fingerprint density at radius 3 is 2.87 bits per heavy atom. The fraction of sp³-hybridized carbons (Fsp3) is 0.818. The minimum absolute atomic E-state index is 0.000700. The normalized spacial score (nSPS) is 34.9. The number of ether oxygens (including phenoxy) is 1. The van der Waals surface area contributed by atoms with Crippen LogP contribution in [0.1, 0.15) is 33.6 Å². The molecule has 0 radical (unpaired) electrons. The van der Waals surface area contributed by atoms with Crippen LogP contribution >= 0.6 is 0 Å². The highest BCUT2D eigenvalue weighted by Gasteiger charge is 2.32. The summed E-state index contributed by atoms with van der Waals surface area (Å²) in [5.74, 6) is 6.31. The third-order valence-electron chi connectivity index (χ3n) is 2.86. The van der Waals surface area contributed by atoms with Gasteiger partial charge < -0.3 is 4.74 Å². The predicted octanol–water partition coefficient (Wildman–Crippen LogP) is 2.89. The average molecular weight is 207 g/mol. The Balaban J connectivity index is 2.60. The van der Waals surface area contributed by atoms with E-state index in [0.717, 1.165) is 12.8 Å². The van der Waals surface area contributed by atoms with Crippen molar-refractivity contribution >= 4 is 0 Å². The van der Waals surface area contributed by atoms with Crippen LogP contribution < -0.4 is 0 Å². The summed E-state index contributed by atoms with van der Waals surface area (Å²) in [5.41, 5.74) is 8.41. The molecule has 4 heteroatoms. The van der Waals surface area contributed by atoms with Gasteiger partial charge in [0.2, 0.25) is 0 Å². The molecule has 0 aliphatic carbocycles. The lowest BCUT2D eigenvalue weighted by molar-refractivity contribution is -0.0772. The van der Waals surface area contributed by atoms with Gasteiger partial charge in [-0.1, -0.05) is 12.0 Å². The lowest BCUT2D eigenvalue weighted by atomic mass is 9.89. The SMILES string of the molecule is CC#CC[C@@H]1O[C@H](C)[C@H](N=[N+]=[N-])C[C@@H]1C. The zero-order valence-electron chi connectivity index (χ0n) is 9.47. The fourth-order valence-corrected chi connectivity index (χ4v) is 1.88. The summed E-state index contributed by atoms with van der Waals surface area (Å²) in [6, 6.07) is -0.0316. The van der Waals surface area contributed by atoms with Gasteiger partial charge in [-0.2, -0.15) is 0 Å². The highest BCUT2D eigenvalue weighted by Crippen LogP contribution is 2.28. The van der Waals surface area contributed by atoms with Crippen molar-refractivity contribution in [3.63, 3.8) is 0 Å². The van der Waals surface area contributed by atoms with E-state index in [1.807, 2.05) is 13.8 Å². The maximum Gasteiger partial charge on any atom is 0.0713 e. The fourth-order valence-electron chi connectivity index (χ4n) is 1.88. The Morgan fingerprint density at radius 2 is 2.27 bits per heavy atom. The second-order valence-corrected chi connectivity index (χ2v) is 4.00. The van der Waals surface area contributed by atoms with Crippen LogP contribution in [0.5, 0.6) is 0 Å². The molecule has 0 aromatic carbocycles. The minimum Gasteiger partial charge on any atom is -0.374 e. The van der Waals surface area contributed by atoms with Gasteiger partial charge in [0, 0.05) is 11.3 Å². The molecule has 0 aromatic rings. The molecule has 0 bridgehead atoms. The second-order valence-electron chi connectivity index (χ2n) is 4.00. The molecule has 4 nitrogen and oxygen atoms in total. The van der Waals surface area contributed by atoms with Crippen molar-refractivity contribution in [2.75, 3.05) is 0 Å². The van der Waals surface area contributed by atoms with E-state index >= 15 is 0 Å². The van der Waals surface area contributed by atoms with Crippen molar-refractivity contribution in [2.24, 2.45) is 11.0 Å². The van der Waals surface area contributed by atoms with Gasteiger partial charge in [0.15, 0.2) is 0 Å². The second kappa shape index (κ2) is 5.65. The summed E-state index contributed by atoms with van der Waals surface area (Å²) < 4.78 is 5.80. The molecule has 0 N–H and O–H groups in total. The molecule has 0 spiro atoms. The Kier molecular flexibility index (Phi) is 4.48. The molecule has 1 heterocycles. The van der Waals surface area contributed by atoms with Crippen LogP contribution in [0, 0.1) is 17.8 Å². The zero-order valence-corrected chi connectivity index (χ0v) is 9.47. The van der Waals surface area contributed by atoms with E-state index in [9.17, 15) is 0 Å². The Hall–Kier alpha value is -1.17. The van der Waals surface area contributed by atoms with E-state index in [2.05, 4.69) is 28.8 Å². The first-order valence-corrected chi connectivity index (χ1v) is 5.28. The predicted molar refractivity (Wildman–Crippen MR) is 59.1 cm³/mol. The van der Waals surface area contributed by atoms with Gasteiger partial charge in [0.05, 0.1) is 18.2 Å². The first-order valence-electron chi connectivity index (χ1n) is 5.28. The summed E-state index contributed by atoms with van der Waals surface area (Å²) in [6.45, 7) is 5.91. The van der Waals surface area contributed by atoms with Gasteiger partial charge in [-0.15, -0.1) is 11.8 Å². The molecule has 0 amide bonds. The van der Waals surface area contributed by atoms with E-state index in [0.29, 0.717) is 5.92 Å². The minimum atomic E-state index is -0.0316. The summed E-state index contributed by atoms with van der Waals surface area (Å²) >= 11 is 0. The maximum absolute atomic E-state index is 8.41. The smallest absolute Gasteiger partial charge is 0.0713 e. The Morgan fingerprint density at radius 1 is 1.53 bits per heavy atom. The van der Waals surface area contributed by atoms with E-state index < -0.39 is 0 Å². The van der Waals surface area contributed by atoms with Crippen LogP contribution in [0.15, 0.2) is 5.11 Å². The van der Waals surface area contributed by atoms with Crippen molar-refractivity contribution in [3.8, 4) is 11.8 Å². The van der Waals surface area contributed by atoms with Gasteiger partial charge in [-0.3, -0.25) is 0 Å². The highest BCUT2D eigenvalue weighted by molar-refractivity contribution is 4.99.